The van der Waals surface area contributed by atoms with Gasteiger partial charge in [0.25, 0.3) is 5.91 Å². The third-order valence-electron chi connectivity index (χ3n) is 5.06. The highest BCUT2D eigenvalue weighted by Crippen LogP contribution is 2.38. The Morgan fingerprint density at radius 1 is 1.13 bits per heavy atom. The van der Waals surface area contributed by atoms with Crippen LogP contribution in [0.15, 0.2) is 29.0 Å². The number of hydrogen-bond donors (Lipinski definition) is 1. The molecule has 162 valence electrons. The Hall–Kier alpha value is -3.20. The minimum absolute atomic E-state index is 0.254. The van der Waals surface area contributed by atoms with E-state index in [1.807, 2.05) is 0 Å². The Morgan fingerprint density at radius 2 is 1.97 bits per heavy atom. The third-order valence-corrected chi connectivity index (χ3v) is 6.26. The summed E-state index contributed by atoms with van der Waals surface area (Å²) in [6, 6.07) is 4.71. The summed E-state index contributed by atoms with van der Waals surface area (Å²) in [5, 5.41) is 3.19. The Balaban J connectivity index is 1.45. The second-order valence-corrected chi connectivity index (χ2v) is 8.25. The van der Waals surface area contributed by atoms with E-state index in [9.17, 15) is 14.4 Å². The summed E-state index contributed by atoms with van der Waals surface area (Å²) in [6.45, 7) is 1.53. The van der Waals surface area contributed by atoms with Gasteiger partial charge in [-0.1, -0.05) is 6.42 Å². The number of hydrogen-bond acceptors (Lipinski definition) is 8. The monoisotopic (exact) mass is 442 g/mol. The van der Waals surface area contributed by atoms with Crippen LogP contribution in [0.2, 0.25) is 0 Å². The number of carbonyl (C=O) groups is 3. The highest BCUT2D eigenvalue weighted by Gasteiger charge is 2.26. The van der Waals surface area contributed by atoms with Crippen molar-refractivity contribution in [2.24, 2.45) is 0 Å². The first-order valence-electron chi connectivity index (χ1n) is 10.2. The largest absolute Gasteiger partial charge is 0.462 e. The molecule has 1 amide bonds. The molecule has 3 aromatic rings. The lowest BCUT2D eigenvalue weighted by molar-refractivity contribution is -0.119. The number of anilines is 1. The molecule has 1 N–H and O–H groups in total. The molecule has 0 bridgehead atoms. The molecule has 1 aliphatic carbocycles. The van der Waals surface area contributed by atoms with Crippen molar-refractivity contribution < 1.29 is 28.3 Å². The number of nitrogens with zero attached hydrogens (tertiary/aromatic N) is 1. The van der Waals surface area contributed by atoms with Crippen LogP contribution < -0.4 is 5.32 Å². The maximum absolute atomic E-state index is 12.6. The minimum atomic E-state index is -0.652. The number of nitrogens with one attached hydrogen (secondary N) is 1. The molecule has 8 nitrogen and oxygen atoms in total. The van der Waals surface area contributed by atoms with Crippen LogP contribution in [0.25, 0.3) is 11.1 Å². The summed E-state index contributed by atoms with van der Waals surface area (Å²) in [6.07, 6.45) is 6.11. The second kappa shape index (κ2) is 9.30. The standard InChI is InChI=1S/C22H22N2O6S/c1-2-28-22(27)19-14-6-4-3-5-7-17(14)31-20(19)24-18(25)11-29-21(26)13-8-9-15-16(10-13)30-12-23-15/h8-10,12H,2-7,11H2,1H3,(H,24,25). The van der Waals surface area contributed by atoms with E-state index in [1.54, 1.807) is 19.1 Å². The van der Waals surface area contributed by atoms with Crippen LogP contribution in [-0.2, 0) is 27.1 Å². The molecule has 0 atom stereocenters. The maximum Gasteiger partial charge on any atom is 0.341 e. The van der Waals surface area contributed by atoms with E-state index in [4.69, 9.17) is 13.9 Å². The SMILES string of the molecule is CCOC(=O)c1c(NC(=O)COC(=O)c2ccc3ncoc3c2)sc2c1CCCCC2. The summed E-state index contributed by atoms with van der Waals surface area (Å²) in [4.78, 5) is 42.4. The van der Waals surface area contributed by atoms with Gasteiger partial charge in [-0.3, -0.25) is 4.79 Å². The van der Waals surface area contributed by atoms with E-state index in [2.05, 4.69) is 10.3 Å². The summed E-state index contributed by atoms with van der Waals surface area (Å²) < 4.78 is 15.5. The van der Waals surface area contributed by atoms with Gasteiger partial charge in [0.2, 0.25) is 0 Å². The molecule has 31 heavy (non-hydrogen) atoms. The van der Waals surface area contributed by atoms with Gasteiger partial charge >= 0.3 is 11.9 Å². The fourth-order valence-electron chi connectivity index (χ4n) is 3.61. The molecule has 9 heteroatoms. The molecule has 1 aromatic carbocycles. The predicted octanol–water partition coefficient (Wildman–Crippen LogP) is 4.13. The number of oxazole rings is 1. The van der Waals surface area contributed by atoms with Crippen molar-refractivity contribution in [3.05, 3.63) is 46.2 Å². The molecule has 1 aliphatic rings. The number of aryl methyl sites for hydroxylation is 1. The second-order valence-electron chi connectivity index (χ2n) is 7.15. The van der Waals surface area contributed by atoms with Crippen LogP contribution in [0.3, 0.4) is 0 Å². The first-order chi connectivity index (χ1) is 15.1. The van der Waals surface area contributed by atoms with Crippen molar-refractivity contribution >= 4 is 45.3 Å². The van der Waals surface area contributed by atoms with Gasteiger partial charge < -0.3 is 19.2 Å². The van der Waals surface area contributed by atoms with Gasteiger partial charge in [0.05, 0.1) is 17.7 Å². The van der Waals surface area contributed by atoms with Gasteiger partial charge in [0.1, 0.15) is 10.5 Å². The molecule has 4 rings (SSSR count). The molecular formula is C22H22N2O6S. The summed E-state index contributed by atoms with van der Waals surface area (Å²) >= 11 is 1.40. The molecule has 0 aliphatic heterocycles. The van der Waals surface area contributed by atoms with Crippen LogP contribution in [0.1, 0.15) is 57.3 Å². The number of ether oxygens (including phenoxy) is 2. The lowest BCUT2D eigenvalue weighted by atomic mass is 10.1. The first-order valence-corrected chi connectivity index (χ1v) is 11.0. The number of carbonyl (C=O) groups excluding carboxylic acids is 3. The Labute approximate surface area is 182 Å². The Morgan fingerprint density at radius 3 is 2.81 bits per heavy atom. The van der Waals surface area contributed by atoms with Crippen molar-refractivity contribution in [3.63, 3.8) is 0 Å². The van der Waals surface area contributed by atoms with E-state index in [-0.39, 0.29) is 12.2 Å². The van der Waals surface area contributed by atoms with Gasteiger partial charge in [0.15, 0.2) is 18.6 Å². The predicted molar refractivity (Wildman–Crippen MR) is 114 cm³/mol. The van der Waals surface area contributed by atoms with Crippen molar-refractivity contribution in [2.75, 3.05) is 18.5 Å². The van der Waals surface area contributed by atoms with Crippen LogP contribution >= 0.6 is 11.3 Å². The lowest BCUT2D eigenvalue weighted by Crippen LogP contribution is -2.22. The van der Waals surface area contributed by atoms with Crippen LogP contribution in [-0.4, -0.2) is 36.0 Å². The average Bonchev–Trinajstić information content (AvgIpc) is 3.29. The topological polar surface area (TPSA) is 108 Å². The van der Waals surface area contributed by atoms with E-state index < -0.39 is 24.5 Å². The van der Waals surface area contributed by atoms with Gasteiger partial charge in [-0.15, -0.1) is 11.3 Å². The van der Waals surface area contributed by atoms with Crippen molar-refractivity contribution in [2.45, 2.75) is 39.0 Å². The Bertz CT molecular complexity index is 1130. The number of amides is 1. The minimum Gasteiger partial charge on any atom is -0.462 e. The quantitative estimate of drug-likeness (QED) is 0.452. The average molecular weight is 442 g/mol. The number of fused-ring (bicyclic) bond motifs is 2. The van der Waals surface area contributed by atoms with Crippen LogP contribution in [0, 0.1) is 0 Å². The van der Waals surface area contributed by atoms with Crippen molar-refractivity contribution in [1.82, 2.24) is 4.98 Å². The van der Waals surface area contributed by atoms with Gasteiger partial charge in [-0.05, 0) is 56.4 Å². The molecular weight excluding hydrogens is 420 g/mol. The summed E-state index contributed by atoms with van der Waals surface area (Å²) in [5.41, 5.74) is 2.73. The number of rotatable bonds is 6. The van der Waals surface area contributed by atoms with Crippen molar-refractivity contribution in [3.8, 4) is 0 Å². The zero-order valence-corrected chi connectivity index (χ0v) is 17.9. The zero-order chi connectivity index (χ0) is 21.8. The fourth-order valence-corrected chi connectivity index (χ4v) is 4.90. The van der Waals surface area contributed by atoms with E-state index in [0.717, 1.165) is 42.5 Å². The third kappa shape index (κ3) is 4.61. The Kier molecular flexibility index (Phi) is 6.31. The molecule has 2 aromatic heterocycles. The van der Waals surface area contributed by atoms with Gasteiger partial charge in [-0.25, -0.2) is 14.6 Å². The number of aromatic nitrogens is 1. The smallest absolute Gasteiger partial charge is 0.341 e. The molecule has 0 saturated carbocycles. The van der Waals surface area contributed by atoms with E-state index >= 15 is 0 Å². The van der Waals surface area contributed by atoms with Crippen LogP contribution in [0.5, 0.6) is 0 Å². The van der Waals surface area contributed by atoms with E-state index in [1.165, 1.54) is 23.8 Å². The van der Waals surface area contributed by atoms with Gasteiger partial charge in [-0.2, -0.15) is 0 Å². The normalized spacial score (nSPS) is 13.3. The number of benzene rings is 1. The lowest BCUT2D eigenvalue weighted by Gasteiger charge is -2.09. The molecule has 2 heterocycles. The van der Waals surface area contributed by atoms with Crippen molar-refractivity contribution in [1.29, 1.82) is 0 Å². The summed E-state index contributed by atoms with van der Waals surface area (Å²) in [5.74, 6) is -1.60. The number of esters is 2. The molecule has 0 radical (unpaired) electrons. The zero-order valence-electron chi connectivity index (χ0n) is 17.1. The maximum atomic E-state index is 12.6. The fraction of sp³-hybridized carbons (Fsp3) is 0.364. The highest BCUT2D eigenvalue weighted by molar-refractivity contribution is 7.17. The molecule has 0 unspecified atom stereocenters. The number of thiophene rings is 1. The highest BCUT2D eigenvalue weighted by atomic mass is 32.1. The molecule has 0 fully saturated rings. The van der Waals surface area contributed by atoms with Gasteiger partial charge in [0, 0.05) is 4.88 Å². The van der Waals surface area contributed by atoms with E-state index in [0.29, 0.717) is 21.7 Å². The molecule has 0 spiro atoms. The van der Waals surface area contributed by atoms with Crippen LogP contribution in [0.4, 0.5) is 5.00 Å². The molecule has 0 saturated heterocycles. The summed E-state index contributed by atoms with van der Waals surface area (Å²) in [7, 11) is 0. The first kappa shape index (κ1) is 21.0.